The first kappa shape index (κ1) is 20.9. The van der Waals surface area contributed by atoms with Gasteiger partial charge in [-0.2, -0.15) is 0 Å². The normalized spacial score (nSPS) is 11.0. The number of carbonyl (C=O) groups is 1. The van der Waals surface area contributed by atoms with Crippen molar-refractivity contribution in [1.82, 2.24) is 9.13 Å². The molecule has 0 saturated heterocycles. The summed E-state index contributed by atoms with van der Waals surface area (Å²) >= 11 is 3.52. The fourth-order valence-corrected chi connectivity index (χ4v) is 4.05. The molecule has 158 valence electrons. The summed E-state index contributed by atoms with van der Waals surface area (Å²) in [4.78, 5) is 10.9. The number of halogens is 1. The Labute approximate surface area is 188 Å². The lowest BCUT2D eigenvalue weighted by molar-refractivity contribution is 0.0697. The average Bonchev–Trinajstić information content (AvgIpc) is 3.03. The number of benzene rings is 3. The number of nitrogens with zero attached hydrogens (tertiary/aromatic N) is 2. The van der Waals surface area contributed by atoms with E-state index in [4.69, 9.17) is 15.3 Å². The highest BCUT2D eigenvalue weighted by Gasteiger charge is 2.11. The minimum atomic E-state index is -0.954. The topological polar surface area (TPSA) is 80.2 Å². The van der Waals surface area contributed by atoms with Gasteiger partial charge in [0.1, 0.15) is 5.75 Å². The average molecular weight is 480 g/mol. The number of carboxylic acid groups (broad SMARTS) is 1. The second-order valence-corrected chi connectivity index (χ2v) is 8.13. The van der Waals surface area contributed by atoms with Crippen LogP contribution in [0.4, 0.5) is 0 Å². The van der Waals surface area contributed by atoms with Gasteiger partial charge in [0, 0.05) is 11.0 Å². The summed E-state index contributed by atoms with van der Waals surface area (Å²) in [5.74, 6) is -0.316. The van der Waals surface area contributed by atoms with Gasteiger partial charge in [-0.3, -0.25) is 5.41 Å². The van der Waals surface area contributed by atoms with Gasteiger partial charge in [-0.1, -0.05) is 40.2 Å². The maximum atomic E-state index is 10.9. The van der Waals surface area contributed by atoms with Crippen LogP contribution in [0.3, 0.4) is 0 Å². The molecule has 0 aliphatic carbocycles. The van der Waals surface area contributed by atoms with E-state index in [1.165, 1.54) is 12.1 Å². The van der Waals surface area contributed by atoms with Gasteiger partial charge >= 0.3 is 5.97 Å². The number of aromatic nitrogens is 2. The first-order valence-electron chi connectivity index (χ1n) is 9.96. The lowest BCUT2D eigenvalue weighted by atomic mass is 10.2. The quantitative estimate of drug-likeness (QED) is 0.352. The maximum Gasteiger partial charge on any atom is 0.335 e. The van der Waals surface area contributed by atoms with E-state index in [0.29, 0.717) is 31.1 Å². The smallest absolute Gasteiger partial charge is 0.335 e. The van der Waals surface area contributed by atoms with Crippen LogP contribution in [0.25, 0.3) is 11.0 Å². The predicted molar refractivity (Wildman–Crippen MR) is 123 cm³/mol. The fraction of sp³-hybridized carbons (Fsp3) is 0.167. The van der Waals surface area contributed by atoms with Crippen molar-refractivity contribution in [3.05, 3.63) is 94.0 Å². The summed E-state index contributed by atoms with van der Waals surface area (Å²) in [6.07, 6.45) is 0.724. The highest BCUT2D eigenvalue weighted by Crippen LogP contribution is 2.18. The minimum Gasteiger partial charge on any atom is -0.494 e. The van der Waals surface area contributed by atoms with E-state index in [1.54, 1.807) is 12.1 Å². The number of fused-ring (bicyclic) bond motifs is 1. The standard InChI is InChI=1S/C24H22BrN3O3/c25-19-6-3-5-17(15-19)16-28-22-8-2-1-7-21(22)27(24(28)26)13-4-14-31-20-11-9-18(10-12-20)23(29)30/h1-3,5-12,15,26H,4,13-14,16H2,(H,29,30). The molecule has 3 aromatic carbocycles. The van der Waals surface area contributed by atoms with E-state index in [-0.39, 0.29) is 5.56 Å². The number of aromatic carboxylic acids is 1. The van der Waals surface area contributed by atoms with Crippen LogP contribution in [0.1, 0.15) is 22.3 Å². The molecule has 0 aliphatic heterocycles. The number of hydrogen-bond acceptors (Lipinski definition) is 3. The van der Waals surface area contributed by atoms with Crippen molar-refractivity contribution >= 4 is 32.9 Å². The van der Waals surface area contributed by atoms with Crippen LogP contribution in [0, 0.1) is 5.41 Å². The molecular weight excluding hydrogens is 458 g/mol. The maximum absolute atomic E-state index is 10.9. The molecule has 4 rings (SSSR count). The van der Waals surface area contributed by atoms with Crippen molar-refractivity contribution < 1.29 is 14.6 Å². The fourth-order valence-electron chi connectivity index (χ4n) is 3.61. The van der Waals surface area contributed by atoms with Gasteiger partial charge in [0.25, 0.3) is 0 Å². The zero-order chi connectivity index (χ0) is 21.8. The van der Waals surface area contributed by atoms with Crippen molar-refractivity contribution in [3.63, 3.8) is 0 Å². The molecule has 0 bridgehead atoms. The molecule has 0 aliphatic rings. The molecule has 0 saturated carbocycles. The number of para-hydroxylation sites is 2. The first-order valence-corrected chi connectivity index (χ1v) is 10.8. The van der Waals surface area contributed by atoms with Crippen LogP contribution in [-0.4, -0.2) is 26.8 Å². The van der Waals surface area contributed by atoms with Crippen molar-refractivity contribution in [3.8, 4) is 5.75 Å². The summed E-state index contributed by atoms with van der Waals surface area (Å²) in [6, 6.07) is 22.6. The van der Waals surface area contributed by atoms with Crippen LogP contribution >= 0.6 is 15.9 Å². The van der Waals surface area contributed by atoms with Crippen LogP contribution in [0.5, 0.6) is 5.75 Å². The molecule has 0 amide bonds. The number of hydrogen-bond donors (Lipinski definition) is 2. The predicted octanol–water partition coefficient (Wildman–Crippen LogP) is 4.90. The first-order chi connectivity index (χ1) is 15.0. The molecule has 6 nitrogen and oxygen atoms in total. The highest BCUT2D eigenvalue weighted by molar-refractivity contribution is 9.10. The number of carboxylic acids is 1. The molecule has 2 N–H and O–H groups in total. The number of imidazole rings is 1. The lowest BCUT2D eigenvalue weighted by Crippen LogP contribution is -2.25. The third kappa shape index (κ3) is 4.72. The molecular formula is C24H22BrN3O3. The SMILES string of the molecule is N=c1n(CCCOc2ccc(C(=O)O)cc2)c2ccccc2n1Cc1cccc(Br)c1. The van der Waals surface area contributed by atoms with Crippen LogP contribution in [0.2, 0.25) is 0 Å². The number of rotatable bonds is 8. The molecule has 0 atom stereocenters. The Morgan fingerprint density at radius 2 is 1.68 bits per heavy atom. The summed E-state index contributed by atoms with van der Waals surface area (Å²) < 4.78 is 10.8. The van der Waals surface area contributed by atoms with E-state index in [0.717, 1.165) is 27.5 Å². The molecule has 31 heavy (non-hydrogen) atoms. The third-order valence-corrected chi connectivity index (χ3v) is 5.59. The zero-order valence-corrected chi connectivity index (χ0v) is 18.4. The molecule has 0 radical (unpaired) electrons. The van der Waals surface area contributed by atoms with E-state index < -0.39 is 5.97 Å². The van der Waals surface area contributed by atoms with Gasteiger partial charge < -0.3 is 19.0 Å². The molecule has 7 heteroatoms. The second-order valence-electron chi connectivity index (χ2n) is 7.21. The van der Waals surface area contributed by atoms with Gasteiger partial charge in [0.2, 0.25) is 5.62 Å². The van der Waals surface area contributed by atoms with E-state index in [1.807, 2.05) is 45.5 Å². The Morgan fingerprint density at radius 1 is 0.968 bits per heavy atom. The van der Waals surface area contributed by atoms with Crippen LogP contribution in [0.15, 0.2) is 77.3 Å². The third-order valence-electron chi connectivity index (χ3n) is 5.10. The molecule has 0 unspecified atom stereocenters. The van der Waals surface area contributed by atoms with Gasteiger partial charge in [0.15, 0.2) is 0 Å². The minimum absolute atomic E-state index is 0.236. The van der Waals surface area contributed by atoms with Gasteiger partial charge in [-0.25, -0.2) is 4.79 Å². The van der Waals surface area contributed by atoms with E-state index in [2.05, 4.69) is 28.1 Å². The largest absolute Gasteiger partial charge is 0.494 e. The zero-order valence-electron chi connectivity index (χ0n) is 16.8. The summed E-state index contributed by atoms with van der Waals surface area (Å²) in [6.45, 7) is 1.75. The van der Waals surface area contributed by atoms with Crippen molar-refractivity contribution in [2.45, 2.75) is 19.5 Å². The lowest BCUT2D eigenvalue weighted by Gasteiger charge is -2.08. The van der Waals surface area contributed by atoms with Crippen LogP contribution in [-0.2, 0) is 13.1 Å². The van der Waals surface area contributed by atoms with Gasteiger partial charge in [-0.05, 0) is 60.5 Å². The Balaban J connectivity index is 1.48. The van der Waals surface area contributed by atoms with E-state index in [9.17, 15) is 4.79 Å². The summed E-state index contributed by atoms with van der Waals surface area (Å²) in [5.41, 5.74) is 3.86. The Hall–Kier alpha value is -3.32. The Kier molecular flexibility index (Phi) is 6.23. The van der Waals surface area contributed by atoms with E-state index >= 15 is 0 Å². The number of ether oxygens (including phenoxy) is 1. The highest BCUT2D eigenvalue weighted by atomic mass is 79.9. The Bertz CT molecular complexity index is 1280. The number of aryl methyl sites for hydroxylation is 1. The second kappa shape index (κ2) is 9.22. The van der Waals surface area contributed by atoms with Crippen molar-refractivity contribution in [2.75, 3.05) is 6.61 Å². The van der Waals surface area contributed by atoms with Crippen molar-refractivity contribution in [2.24, 2.45) is 0 Å². The van der Waals surface area contributed by atoms with Gasteiger partial charge in [-0.15, -0.1) is 0 Å². The molecule has 4 aromatic rings. The van der Waals surface area contributed by atoms with Crippen molar-refractivity contribution in [1.29, 1.82) is 5.41 Å². The van der Waals surface area contributed by atoms with Crippen LogP contribution < -0.4 is 10.4 Å². The number of nitrogens with one attached hydrogen (secondary N) is 1. The molecule has 1 aromatic heterocycles. The molecule has 1 heterocycles. The van der Waals surface area contributed by atoms with Gasteiger partial charge in [0.05, 0.1) is 29.7 Å². The summed E-state index contributed by atoms with van der Waals surface area (Å²) in [5, 5.41) is 17.7. The summed E-state index contributed by atoms with van der Waals surface area (Å²) in [7, 11) is 0. The molecule has 0 fully saturated rings. The Morgan fingerprint density at radius 3 is 2.35 bits per heavy atom. The monoisotopic (exact) mass is 479 g/mol. The molecule has 0 spiro atoms.